The molecule has 3 atom stereocenters. The van der Waals surface area contributed by atoms with Crippen molar-refractivity contribution < 1.29 is 19.2 Å². The number of rotatable bonds is 1. The molecule has 3 aliphatic rings. The van der Waals surface area contributed by atoms with Gasteiger partial charge in [-0.15, -0.1) is 0 Å². The fourth-order valence-corrected chi connectivity index (χ4v) is 3.18. The summed E-state index contributed by atoms with van der Waals surface area (Å²) in [7, 11) is 0. The third-order valence-corrected chi connectivity index (χ3v) is 4.38. The zero-order valence-electron chi connectivity index (χ0n) is 11.7. The van der Waals surface area contributed by atoms with Crippen LogP contribution >= 0.6 is 0 Å². The highest BCUT2D eigenvalue weighted by molar-refractivity contribution is 6.12. The smallest absolute Gasteiger partial charge is 0.257 e. The van der Waals surface area contributed by atoms with Gasteiger partial charge in [-0.25, -0.2) is 0 Å². The Morgan fingerprint density at radius 1 is 1.24 bits per heavy atom. The molecular weight excluding hydrogens is 272 g/mol. The topological polar surface area (TPSA) is 83.6 Å². The molecule has 21 heavy (non-hydrogen) atoms. The molecule has 0 bridgehead atoms. The third-order valence-electron chi connectivity index (χ3n) is 4.38. The van der Waals surface area contributed by atoms with Crippen LogP contribution in [-0.4, -0.2) is 34.6 Å². The lowest BCUT2D eigenvalue weighted by Crippen LogP contribution is -2.59. The summed E-state index contributed by atoms with van der Waals surface area (Å²) in [6, 6.07) is -0.870. The molecule has 0 aromatic rings. The fourth-order valence-electron chi connectivity index (χ4n) is 3.18. The Morgan fingerprint density at radius 2 is 2.00 bits per heavy atom. The predicted molar refractivity (Wildman–Crippen MR) is 72.5 cm³/mol. The lowest BCUT2D eigenvalue weighted by atomic mass is 9.77. The third kappa shape index (κ3) is 2.20. The van der Waals surface area contributed by atoms with E-state index in [1.165, 1.54) is 0 Å². The molecule has 2 aliphatic heterocycles. The molecule has 0 aromatic carbocycles. The molecule has 2 fully saturated rings. The van der Waals surface area contributed by atoms with Gasteiger partial charge in [0.15, 0.2) is 0 Å². The highest BCUT2D eigenvalue weighted by Crippen LogP contribution is 2.36. The molecule has 2 heterocycles. The van der Waals surface area contributed by atoms with Crippen LogP contribution in [0.25, 0.3) is 0 Å². The van der Waals surface area contributed by atoms with Crippen molar-refractivity contribution >= 4 is 23.6 Å². The van der Waals surface area contributed by atoms with Gasteiger partial charge in [0.25, 0.3) is 5.91 Å². The van der Waals surface area contributed by atoms with Gasteiger partial charge in [-0.3, -0.25) is 29.4 Å². The zero-order chi connectivity index (χ0) is 15.1. The number of likely N-dealkylation sites (tertiary alicyclic amines) is 1. The van der Waals surface area contributed by atoms with Crippen molar-refractivity contribution in [3.63, 3.8) is 0 Å². The number of fused-ring (bicyclic) bond motifs is 1. The van der Waals surface area contributed by atoms with Crippen molar-refractivity contribution in [2.75, 3.05) is 0 Å². The van der Waals surface area contributed by atoms with Gasteiger partial charge in [-0.05, 0) is 12.3 Å². The first-order valence-electron chi connectivity index (χ1n) is 7.07. The summed E-state index contributed by atoms with van der Waals surface area (Å²) in [5.74, 6) is -1.65. The van der Waals surface area contributed by atoms with E-state index in [1.54, 1.807) is 6.08 Å². The van der Waals surface area contributed by atoms with Gasteiger partial charge in [-0.1, -0.05) is 25.2 Å². The van der Waals surface area contributed by atoms with Crippen molar-refractivity contribution in [2.45, 2.75) is 32.2 Å². The molecular formula is C15H16N2O4. The molecule has 2 saturated heterocycles. The number of amides is 4. The zero-order valence-corrected chi connectivity index (χ0v) is 11.7. The SMILES string of the molecule is CC1C=CC=C2C(=O)N(C3CCC(=O)NC3=O)C(=O)CC21. The Morgan fingerprint density at radius 3 is 2.71 bits per heavy atom. The van der Waals surface area contributed by atoms with Gasteiger partial charge in [0.2, 0.25) is 17.7 Å². The monoisotopic (exact) mass is 288 g/mol. The van der Waals surface area contributed by atoms with Crippen LogP contribution in [0.1, 0.15) is 26.2 Å². The number of nitrogens with one attached hydrogen (secondary N) is 1. The second kappa shape index (κ2) is 4.95. The van der Waals surface area contributed by atoms with E-state index in [1.807, 2.05) is 19.1 Å². The Bertz CT molecular complexity index is 605. The number of nitrogens with zero attached hydrogens (tertiary/aromatic N) is 1. The maximum absolute atomic E-state index is 12.6. The lowest BCUT2D eigenvalue weighted by molar-refractivity contribution is -0.156. The Hall–Kier alpha value is -2.24. The molecule has 110 valence electrons. The Labute approximate surface area is 121 Å². The van der Waals surface area contributed by atoms with E-state index < -0.39 is 17.9 Å². The minimum atomic E-state index is -0.870. The normalized spacial score (nSPS) is 32.7. The fraction of sp³-hybridized carbons (Fsp3) is 0.467. The van der Waals surface area contributed by atoms with E-state index in [4.69, 9.17) is 0 Å². The number of carbonyl (C=O) groups is 4. The van der Waals surface area contributed by atoms with E-state index >= 15 is 0 Å². The number of imide groups is 2. The molecule has 6 heteroatoms. The van der Waals surface area contributed by atoms with Crippen molar-refractivity contribution in [1.29, 1.82) is 0 Å². The van der Waals surface area contributed by atoms with Crippen LogP contribution in [-0.2, 0) is 19.2 Å². The van der Waals surface area contributed by atoms with Crippen LogP contribution in [0.2, 0.25) is 0 Å². The summed E-state index contributed by atoms with van der Waals surface area (Å²) < 4.78 is 0. The lowest BCUT2D eigenvalue weighted by Gasteiger charge is -2.39. The average Bonchev–Trinajstić information content (AvgIpc) is 2.42. The molecule has 0 saturated carbocycles. The van der Waals surface area contributed by atoms with Gasteiger partial charge in [-0.2, -0.15) is 0 Å². The molecule has 3 unspecified atom stereocenters. The first-order chi connectivity index (χ1) is 9.99. The maximum Gasteiger partial charge on any atom is 0.257 e. The van der Waals surface area contributed by atoms with Crippen molar-refractivity contribution in [2.24, 2.45) is 11.8 Å². The first-order valence-corrected chi connectivity index (χ1v) is 7.07. The first kappa shape index (κ1) is 13.7. The largest absolute Gasteiger partial charge is 0.295 e. The molecule has 1 N–H and O–H groups in total. The molecule has 0 spiro atoms. The van der Waals surface area contributed by atoms with Crippen LogP contribution in [0.4, 0.5) is 0 Å². The van der Waals surface area contributed by atoms with Crippen molar-refractivity contribution in [3.8, 4) is 0 Å². The van der Waals surface area contributed by atoms with E-state index in [0.29, 0.717) is 5.57 Å². The number of allylic oxidation sites excluding steroid dienone is 3. The van der Waals surface area contributed by atoms with E-state index in [-0.39, 0.29) is 42.9 Å². The summed E-state index contributed by atoms with van der Waals surface area (Å²) >= 11 is 0. The quantitative estimate of drug-likeness (QED) is 0.703. The van der Waals surface area contributed by atoms with Gasteiger partial charge >= 0.3 is 0 Å². The molecule has 4 amide bonds. The van der Waals surface area contributed by atoms with E-state index in [9.17, 15) is 19.2 Å². The van der Waals surface area contributed by atoms with Crippen LogP contribution < -0.4 is 5.32 Å². The highest BCUT2D eigenvalue weighted by Gasteiger charge is 2.45. The minimum absolute atomic E-state index is 0.112. The van der Waals surface area contributed by atoms with Gasteiger partial charge in [0.05, 0.1) is 0 Å². The average molecular weight is 288 g/mol. The van der Waals surface area contributed by atoms with Crippen LogP contribution in [0.15, 0.2) is 23.8 Å². The van der Waals surface area contributed by atoms with Crippen molar-refractivity contribution in [1.82, 2.24) is 10.2 Å². The minimum Gasteiger partial charge on any atom is -0.295 e. The number of hydrogen-bond acceptors (Lipinski definition) is 4. The maximum atomic E-state index is 12.6. The van der Waals surface area contributed by atoms with Crippen LogP contribution in [0, 0.1) is 11.8 Å². The highest BCUT2D eigenvalue weighted by atomic mass is 16.2. The van der Waals surface area contributed by atoms with E-state index in [2.05, 4.69) is 5.32 Å². The molecule has 0 radical (unpaired) electrons. The van der Waals surface area contributed by atoms with Gasteiger partial charge < -0.3 is 0 Å². The predicted octanol–water partition coefficient (Wildman–Crippen LogP) is 0.299. The summed E-state index contributed by atoms with van der Waals surface area (Å²) in [6.45, 7) is 1.97. The van der Waals surface area contributed by atoms with E-state index in [0.717, 1.165) is 4.90 Å². The molecule has 6 nitrogen and oxygen atoms in total. The van der Waals surface area contributed by atoms with Crippen LogP contribution in [0.5, 0.6) is 0 Å². The van der Waals surface area contributed by atoms with Crippen LogP contribution in [0.3, 0.4) is 0 Å². The molecule has 3 rings (SSSR count). The number of hydrogen-bond donors (Lipinski definition) is 1. The summed E-state index contributed by atoms with van der Waals surface area (Å²) in [6.07, 6.45) is 6.07. The number of piperidine rings is 2. The summed E-state index contributed by atoms with van der Waals surface area (Å²) in [4.78, 5) is 49.0. The summed E-state index contributed by atoms with van der Waals surface area (Å²) in [5.41, 5.74) is 0.578. The van der Waals surface area contributed by atoms with Crippen molar-refractivity contribution in [3.05, 3.63) is 23.8 Å². The standard InChI is InChI=1S/C15H16N2O4/c1-8-3-2-4-9-10(8)7-13(19)17(15(9)21)11-5-6-12(18)16-14(11)20/h2-4,8,10-11H,5-7H2,1H3,(H,16,18,20). The Balaban J connectivity index is 1.90. The summed E-state index contributed by atoms with van der Waals surface area (Å²) in [5, 5.41) is 2.19. The molecule has 0 aromatic heterocycles. The van der Waals surface area contributed by atoms with Gasteiger partial charge in [0.1, 0.15) is 6.04 Å². The second-order valence-electron chi connectivity index (χ2n) is 5.71. The van der Waals surface area contributed by atoms with Gasteiger partial charge in [0, 0.05) is 24.3 Å². The second-order valence-corrected chi connectivity index (χ2v) is 5.71. The Kier molecular flexibility index (Phi) is 3.23. The number of carbonyl (C=O) groups excluding carboxylic acids is 4. The molecule has 1 aliphatic carbocycles.